The number of hydrogen-bond acceptors (Lipinski definition) is 6. The molecule has 2 aromatic carbocycles. The number of alkyl carbamates (subject to hydrolysis) is 1. The first-order chi connectivity index (χ1) is 20.3. The molecule has 3 rings (SSSR count). The van der Waals surface area contributed by atoms with Crippen molar-refractivity contribution < 1.29 is 28.7 Å². The molecular weight excluding hydrogens is 548 g/mol. The molecule has 1 aliphatic rings. The number of carbonyl (C=O) groups is 4. The highest BCUT2D eigenvalue weighted by Gasteiger charge is 2.37. The van der Waals surface area contributed by atoms with E-state index >= 15 is 0 Å². The minimum absolute atomic E-state index is 0.0372. The number of para-hydroxylation sites is 1. The molecule has 1 aliphatic heterocycles. The Bertz CT molecular complexity index is 1220. The third-order valence-corrected chi connectivity index (χ3v) is 7.13. The molecule has 0 saturated carbocycles. The third-order valence-electron chi connectivity index (χ3n) is 7.13. The lowest BCUT2D eigenvalue weighted by molar-refractivity contribution is -0.140. The van der Waals surface area contributed by atoms with Crippen LogP contribution in [0.25, 0.3) is 0 Å². The first kappa shape index (κ1) is 33.6. The zero-order valence-electron chi connectivity index (χ0n) is 26.2. The van der Waals surface area contributed by atoms with Crippen LogP contribution in [-0.2, 0) is 30.5 Å². The Hall–Kier alpha value is -3.92. The zero-order valence-corrected chi connectivity index (χ0v) is 26.2. The zero-order chi connectivity index (χ0) is 31.6. The van der Waals surface area contributed by atoms with E-state index in [1.54, 1.807) is 39.5 Å². The summed E-state index contributed by atoms with van der Waals surface area (Å²) in [7, 11) is 0. The Balaban J connectivity index is 1.70. The van der Waals surface area contributed by atoms with Gasteiger partial charge in [0.25, 0.3) is 0 Å². The molecule has 0 unspecified atom stereocenters. The van der Waals surface area contributed by atoms with Crippen LogP contribution in [-0.4, -0.2) is 71.6 Å². The molecule has 4 amide bonds. The molecule has 10 nitrogen and oxygen atoms in total. The average Bonchev–Trinajstić information content (AvgIpc) is 2.96. The number of piperidine rings is 1. The summed E-state index contributed by atoms with van der Waals surface area (Å²) in [4.78, 5) is 56.0. The normalized spacial score (nSPS) is 14.9. The number of ether oxygens (including phenoxy) is 2. The molecule has 0 spiro atoms. The van der Waals surface area contributed by atoms with E-state index < -0.39 is 29.2 Å². The molecular formula is C33H46N4O6. The van der Waals surface area contributed by atoms with E-state index in [0.717, 1.165) is 11.3 Å². The van der Waals surface area contributed by atoms with Gasteiger partial charge in [-0.25, -0.2) is 4.79 Å². The molecule has 1 fully saturated rings. The standard InChI is InChI=1S/C33H46N4O6/c1-7-28(38)37(25-16-12-9-13-17-25)26-18-20-36(21-19-26)29(39)27(23-42-22-24-14-10-8-11-15-24)34-30(40)33(5,6)35-31(41)43-32(2,3)4/h8-17,26-27H,7,18-23H2,1-6H3,(H,34,40)(H,35,41)/t27-/m1/s1. The van der Waals surface area contributed by atoms with Crippen LogP contribution in [0.2, 0.25) is 0 Å². The Morgan fingerprint density at radius 1 is 0.930 bits per heavy atom. The highest BCUT2D eigenvalue weighted by atomic mass is 16.6. The van der Waals surface area contributed by atoms with Gasteiger partial charge in [0.1, 0.15) is 17.2 Å². The Kier molecular flexibility index (Phi) is 11.7. The summed E-state index contributed by atoms with van der Waals surface area (Å²) in [5.74, 6) is -0.783. The maximum absolute atomic E-state index is 13.8. The van der Waals surface area contributed by atoms with E-state index in [9.17, 15) is 19.2 Å². The van der Waals surface area contributed by atoms with Crippen molar-refractivity contribution in [1.82, 2.24) is 15.5 Å². The van der Waals surface area contributed by atoms with Crippen LogP contribution in [0, 0.1) is 0 Å². The van der Waals surface area contributed by atoms with Crippen molar-refractivity contribution in [2.45, 2.75) is 90.6 Å². The van der Waals surface area contributed by atoms with Crippen molar-refractivity contribution in [2.24, 2.45) is 0 Å². The molecule has 1 saturated heterocycles. The van der Waals surface area contributed by atoms with E-state index in [1.165, 1.54) is 0 Å². The van der Waals surface area contributed by atoms with E-state index in [1.807, 2.05) is 72.5 Å². The first-order valence-corrected chi connectivity index (χ1v) is 14.9. The van der Waals surface area contributed by atoms with Crippen LogP contribution in [0.15, 0.2) is 60.7 Å². The van der Waals surface area contributed by atoms with Gasteiger partial charge in [-0.1, -0.05) is 55.5 Å². The largest absolute Gasteiger partial charge is 0.444 e. The molecule has 2 aromatic rings. The fourth-order valence-electron chi connectivity index (χ4n) is 4.88. The number of likely N-dealkylation sites (tertiary alicyclic amines) is 1. The van der Waals surface area contributed by atoms with Crippen LogP contribution < -0.4 is 15.5 Å². The van der Waals surface area contributed by atoms with Gasteiger partial charge in [-0.15, -0.1) is 0 Å². The molecule has 2 N–H and O–H groups in total. The van der Waals surface area contributed by atoms with Crippen molar-refractivity contribution in [2.75, 3.05) is 24.6 Å². The predicted molar refractivity (Wildman–Crippen MR) is 165 cm³/mol. The van der Waals surface area contributed by atoms with Crippen LogP contribution in [0.1, 0.15) is 66.4 Å². The van der Waals surface area contributed by atoms with Crippen LogP contribution in [0.4, 0.5) is 10.5 Å². The first-order valence-electron chi connectivity index (χ1n) is 14.9. The van der Waals surface area contributed by atoms with Crippen molar-refractivity contribution in [3.63, 3.8) is 0 Å². The van der Waals surface area contributed by atoms with Crippen molar-refractivity contribution in [1.29, 1.82) is 0 Å². The maximum Gasteiger partial charge on any atom is 0.408 e. The van der Waals surface area contributed by atoms with Crippen LogP contribution in [0.5, 0.6) is 0 Å². The molecule has 0 bridgehead atoms. The summed E-state index contributed by atoms with van der Waals surface area (Å²) >= 11 is 0. The fraction of sp³-hybridized carbons (Fsp3) is 0.515. The number of hydrogen-bond donors (Lipinski definition) is 2. The van der Waals surface area contributed by atoms with Gasteiger partial charge in [0.2, 0.25) is 17.7 Å². The van der Waals surface area contributed by atoms with Gasteiger partial charge in [-0.05, 0) is 65.2 Å². The molecule has 1 heterocycles. The van der Waals surface area contributed by atoms with Gasteiger partial charge < -0.3 is 29.9 Å². The van der Waals surface area contributed by atoms with Crippen molar-refractivity contribution >= 4 is 29.5 Å². The van der Waals surface area contributed by atoms with E-state index in [0.29, 0.717) is 32.4 Å². The highest BCUT2D eigenvalue weighted by Crippen LogP contribution is 2.25. The van der Waals surface area contributed by atoms with Gasteiger partial charge in [0.05, 0.1) is 13.2 Å². The maximum atomic E-state index is 13.8. The van der Waals surface area contributed by atoms with E-state index in [-0.39, 0.29) is 31.1 Å². The monoisotopic (exact) mass is 594 g/mol. The van der Waals surface area contributed by atoms with Crippen molar-refractivity contribution in [3.8, 4) is 0 Å². The van der Waals surface area contributed by atoms with Gasteiger partial charge in [-0.3, -0.25) is 14.4 Å². The number of nitrogens with zero attached hydrogens (tertiary/aromatic N) is 2. The SMILES string of the molecule is CCC(=O)N(c1ccccc1)C1CCN(C(=O)[C@@H](COCc2ccccc2)NC(=O)C(C)(C)NC(=O)OC(C)(C)C)CC1. The number of anilines is 1. The lowest BCUT2D eigenvalue weighted by Gasteiger charge is -2.40. The summed E-state index contributed by atoms with van der Waals surface area (Å²) in [5.41, 5.74) is -0.304. The molecule has 1 atom stereocenters. The topological polar surface area (TPSA) is 117 Å². The van der Waals surface area contributed by atoms with Gasteiger partial charge in [0.15, 0.2) is 0 Å². The van der Waals surface area contributed by atoms with Gasteiger partial charge >= 0.3 is 6.09 Å². The van der Waals surface area contributed by atoms with E-state index in [4.69, 9.17) is 9.47 Å². The smallest absolute Gasteiger partial charge is 0.408 e. The van der Waals surface area contributed by atoms with Gasteiger partial charge in [-0.2, -0.15) is 0 Å². The molecule has 10 heteroatoms. The summed E-state index contributed by atoms with van der Waals surface area (Å²) in [6.45, 7) is 11.2. The van der Waals surface area contributed by atoms with Gasteiger partial charge in [0, 0.05) is 31.2 Å². The molecule has 0 aliphatic carbocycles. The van der Waals surface area contributed by atoms with Crippen LogP contribution in [0.3, 0.4) is 0 Å². The average molecular weight is 595 g/mol. The second kappa shape index (κ2) is 15.0. The Morgan fingerprint density at radius 2 is 1.51 bits per heavy atom. The summed E-state index contributed by atoms with van der Waals surface area (Å²) in [6, 6.07) is 18.1. The number of benzene rings is 2. The number of amides is 4. The quantitative estimate of drug-likeness (QED) is 0.398. The van der Waals surface area contributed by atoms with Crippen LogP contribution >= 0.6 is 0 Å². The summed E-state index contributed by atoms with van der Waals surface area (Å²) < 4.78 is 11.2. The van der Waals surface area contributed by atoms with E-state index in [2.05, 4.69) is 10.6 Å². The lowest BCUT2D eigenvalue weighted by atomic mass is 10.00. The summed E-state index contributed by atoms with van der Waals surface area (Å²) in [6.07, 6.45) is 0.851. The Labute approximate surface area is 255 Å². The van der Waals surface area contributed by atoms with Crippen molar-refractivity contribution in [3.05, 3.63) is 66.2 Å². The molecule has 0 radical (unpaired) electrons. The number of carbonyl (C=O) groups excluding carboxylic acids is 4. The summed E-state index contributed by atoms with van der Waals surface area (Å²) in [5, 5.41) is 5.40. The number of nitrogens with one attached hydrogen (secondary N) is 2. The molecule has 43 heavy (non-hydrogen) atoms. The second-order valence-electron chi connectivity index (χ2n) is 12.3. The minimum Gasteiger partial charge on any atom is -0.444 e. The Morgan fingerprint density at radius 3 is 2.07 bits per heavy atom. The third kappa shape index (κ3) is 10.1. The number of rotatable bonds is 11. The lowest BCUT2D eigenvalue weighted by Crippen LogP contribution is -2.61. The second-order valence-corrected chi connectivity index (χ2v) is 12.3. The minimum atomic E-state index is -1.36. The predicted octanol–water partition coefficient (Wildman–Crippen LogP) is 4.43. The highest BCUT2D eigenvalue weighted by molar-refractivity contribution is 5.95. The molecule has 234 valence electrons. The fourth-order valence-corrected chi connectivity index (χ4v) is 4.88. The molecule has 0 aromatic heterocycles.